The van der Waals surface area contributed by atoms with Gasteiger partial charge < -0.3 is 14.8 Å². The number of fused-ring (bicyclic) bond motifs is 1. The largest absolute Gasteiger partial charge is 0.506 e. The molecule has 0 aliphatic carbocycles. The molecule has 0 saturated carbocycles. The van der Waals surface area contributed by atoms with Crippen LogP contribution in [0.5, 0.6) is 5.75 Å². The summed E-state index contributed by atoms with van der Waals surface area (Å²) in [4.78, 5) is 12.0. The van der Waals surface area contributed by atoms with Gasteiger partial charge in [0.25, 0.3) is 5.22 Å². The molecule has 134 valence electrons. The summed E-state index contributed by atoms with van der Waals surface area (Å²) in [6.45, 7) is 0. The highest BCUT2D eigenvalue weighted by atomic mass is 32.2. The average molecular weight is 377 g/mol. The molecule has 0 radical (unpaired) electrons. The highest BCUT2D eigenvalue weighted by molar-refractivity contribution is 7.99. The zero-order valence-corrected chi connectivity index (χ0v) is 14.9. The van der Waals surface area contributed by atoms with Crippen molar-refractivity contribution >= 4 is 34.1 Å². The summed E-state index contributed by atoms with van der Waals surface area (Å²) in [5.41, 5.74) is 1.19. The molecule has 4 rings (SSSR count). The number of benzene rings is 3. The van der Waals surface area contributed by atoms with E-state index >= 15 is 0 Å². The van der Waals surface area contributed by atoms with Crippen molar-refractivity contribution in [1.29, 1.82) is 0 Å². The first-order chi connectivity index (χ1) is 13.2. The van der Waals surface area contributed by atoms with Crippen molar-refractivity contribution in [1.82, 2.24) is 10.2 Å². The van der Waals surface area contributed by atoms with E-state index in [-0.39, 0.29) is 17.4 Å². The number of hydrogen-bond donors (Lipinski definition) is 2. The molecule has 0 spiro atoms. The number of anilines is 1. The number of phenols is 1. The van der Waals surface area contributed by atoms with Crippen molar-refractivity contribution in [3.8, 4) is 17.2 Å². The van der Waals surface area contributed by atoms with Gasteiger partial charge in [0.2, 0.25) is 11.8 Å². The molecule has 0 unspecified atom stereocenters. The molecule has 0 aliphatic rings. The van der Waals surface area contributed by atoms with E-state index in [1.807, 2.05) is 42.5 Å². The first kappa shape index (κ1) is 17.1. The van der Waals surface area contributed by atoms with Crippen molar-refractivity contribution in [3.05, 3.63) is 66.7 Å². The first-order valence-corrected chi connectivity index (χ1v) is 9.21. The number of nitrogens with one attached hydrogen (secondary N) is 1. The lowest BCUT2D eigenvalue weighted by Gasteiger charge is -2.05. The second kappa shape index (κ2) is 7.51. The molecule has 4 aromatic rings. The molecule has 1 aromatic heterocycles. The minimum Gasteiger partial charge on any atom is -0.506 e. The average Bonchev–Trinajstić information content (AvgIpc) is 3.17. The van der Waals surface area contributed by atoms with Gasteiger partial charge in [-0.2, -0.15) is 0 Å². The maximum Gasteiger partial charge on any atom is 0.277 e. The van der Waals surface area contributed by atoms with Gasteiger partial charge in [-0.15, -0.1) is 10.2 Å². The molecule has 2 N–H and O–H groups in total. The van der Waals surface area contributed by atoms with Gasteiger partial charge in [0.15, 0.2) is 0 Å². The van der Waals surface area contributed by atoms with E-state index < -0.39 is 0 Å². The monoisotopic (exact) mass is 377 g/mol. The van der Waals surface area contributed by atoms with Gasteiger partial charge in [-0.1, -0.05) is 54.2 Å². The number of aromatic nitrogens is 2. The highest BCUT2D eigenvalue weighted by Gasteiger charge is 2.12. The van der Waals surface area contributed by atoms with E-state index in [9.17, 15) is 9.90 Å². The summed E-state index contributed by atoms with van der Waals surface area (Å²) in [7, 11) is 0. The van der Waals surface area contributed by atoms with Crippen molar-refractivity contribution in [3.63, 3.8) is 0 Å². The lowest BCUT2D eigenvalue weighted by atomic mass is 10.1. The Balaban J connectivity index is 1.41. The van der Waals surface area contributed by atoms with Crippen LogP contribution in [-0.4, -0.2) is 27.0 Å². The van der Waals surface area contributed by atoms with Crippen LogP contribution in [-0.2, 0) is 4.79 Å². The lowest BCUT2D eigenvalue weighted by molar-refractivity contribution is -0.113. The zero-order valence-electron chi connectivity index (χ0n) is 14.1. The van der Waals surface area contributed by atoms with E-state index in [0.717, 1.165) is 28.1 Å². The Morgan fingerprint density at radius 3 is 2.63 bits per heavy atom. The normalized spacial score (nSPS) is 10.8. The standard InChI is InChI=1S/C20H15N3O3S/c24-17-8-4-3-7-16(17)21-18(25)12-27-20-23-22-19(26-20)15-10-9-13-5-1-2-6-14(13)11-15/h1-11,24H,12H2,(H,21,25). The number of para-hydroxylation sites is 2. The Labute approximate surface area is 159 Å². The molecule has 1 amide bonds. The highest BCUT2D eigenvalue weighted by Crippen LogP contribution is 2.27. The van der Waals surface area contributed by atoms with Crippen LogP contribution in [0.25, 0.3) is 22.2 Å². The second-order valence-electron chi connectivity index (χ2n) is 5.79. The number of thioether (sulfide) groups is 1. The third-order valence-electron chi connectivity index (χ3n) is 3.91. The number of carbonyl (C=O) groups excluding carboxylic acids is 1. The molecule has 1 heterocycles. The third-order valence-corrected chi connectivity index (χ3v) is 4.73. The molecule has 0 aliphatic heterocycles. The van der Waals surface area contributed by atoms with Crippen molar-refractivity contribution in [2.45, 2.75) is 5.22 Å². The van der Waals surface area contributed by atoms with E-state index in [1.54, 1.807) is 18.2 Å². The molecular weight excluding hydrogens is 362 g/mol. The number of amides is 1. The Bertz CT molecular complexity index is 1110. The van der Waals surface area contributed by atoms with Crippen LogP contribution in [0.3, 0.4) is 0 Å². The predicted octanol–water partition coefficient (Wildman–Crippen LogP) is 4.33. The van der Waals surface area contributed by atoms with Gasteiger partial charge in [-0.05, 0) is 35.0 Å². The van der Waals surface area contributed by atoms with E-state index in [4.69, 9.17) is 4.42 Å². The van der Waals surface area contributed by atoms with Gasteiger partial charge in [0.05, 0.1) is 11.4 Å². The van der Waals surface area contributed by atoms with Crippen LogP contribution < -0.4 is 5.32 Å². The minimum atomic E-state index is -0.271. The SMILES string of the molecule is O=C(CSc1nnc(-c2ccc3ccccc3c2)o1)Nc1ccccc1O. The first-order valence-electron chi connectivity index (χ1n) is 8.22. The molecule has 27 heavy (non-hydrogen) atoms. The fourth-order valence-corrected chi connectivity index (χ4v) is 3.16. The third kappa shape index (κ3) is 3.93. The smallest absolute Gasteiger partial charge is 0.277 e. The molecule has 0 saturated heterocycles. The summed E-state index contributed by atoms with van der Waals surface area (Å²) in [5.74, 6) is 0.247. The maximum absolute atomic E-state index is 12.0. The van der Waals surface area contributed by atoms with Crippen LogP contribution in [0.2, 0.25) is 0 Å². The number of carbonyl (C=O) groups is 1. The maximum atomic E-state index is 12.0. The van der Waals surface area contributed by atoms with Gasteiger partial charge in [-0.3, -0.25) is 4.79 Å². The van der Waals surface area contributed by atoms with Crippen LogP contribution in [0.4, 0.5) is 5.69 Å². The molecule has 6 nitrogen and oxygen atoms in total. The van der Waals surface area contributed by atoms with Crippen LogP contribution in [0.15, 0.2) is 76.4 Å². The number of aromatic hydroxyl groups is 1. The van der Waals surface area contributed by atoms with Gasteiger partial charge >= 0.3 is 0 Å². The summed E-state index contributed by atoms with van der Waals surface area (Å²) in [6, 6.07) is 20.5. The number of rotatable bonds is 5. The summed E-state index contributed by atoms with van der Waals surface area (Å²) >= 11 is 1.14. The second-order valence-corrected chi connectivity index (χ2v) is 6.72. The van der Waals surface area contributed by atoms with Crippen molar-refractivity contribution in [2.24, 2.45) is 0 Å². The Morgan fingerprint density at radius 2 is 1.78 bits per heavy atom. The summed E-state index contributed by atoms with van der Waals surface area (Å²) < 4.78 is 5.65. The van der Waals surface area contributed by atoms with E-state index in [0.29, 0.717) is 16.8 Å². The Morgan fingerprint density at radius 1 is 1.00 bits per heavy atom. The molecule has 0 bridgehead atoms. The van der Waals surface area contributed by atoms with Crippen molar-refractivity contribution in [2.75, 3.05) is 11.1 Å². The molecule has 0 fully saturated rings. The zero-order chi connectivity index (χ0) is 18.6. The van der Waals surface area contributed by atoms with Gasteiger partial charge in [0, 0.05) is 5.56 Å². The lowest BCUT2D eigenvalue weighted by Crippen LogP contribution is -2.14. The van der Waals surface area contributed by atoms with Crippen LogP contribution in [0, 0.1) is 0 Å². The Hall–Kier alpha value is -3.32. The van der Waals surface area contributed by atoms with Crippen molar-refractivity contribution < 1.29 is 14.3 Å². The summed E-state index contributed by atoms with van der Waals surface area (Å²) in [5, 5.41) is 22.9. The topological polar surface area (TPSA) is 88.2 Å². The predicted molar refractivity (Wildman–Crippen MR) is 105 cm³/mol. The molecular formula is C20H15N3O3S. The minimum absolute atomic E-state index is 0.0206. The molecule has 3 aromatic carbocycles. The molecule has 0 atom stereocenters. The summed E-state index contributed by atoms with van der Waals surface area (Å²) in [6.07, 6.45) is 0. The molecule has 7 heteroatoms. The quantitative estimate of drug-likeness (QED) is 0.398. The fraction of sp³-hybridized carbons (Fsp3) is 0.0500. The fourth-order valence-electron chi connectivity index (χ4n) is 2.60. The van der Waals surface area contributed by atoms with Crippen LogP contribution >= 0.6 is 11.8 Å². The number of hydrogen-bond acceptors (Lipinski definition) is 6. The van der Waals surface area contributed by atoms with E-state index in [2.05, 4.69) is 15.5 Å². The number of phenolic OH excluding ortho intramolecular Hbond substituents is 1. The number of nitrogens with zero attached hydrogens (tertiary/aromatic N) is 2. The van der Waals surface area contributed by atoms with Gasteiger partial charge in [-0.25, -0.2) is 0 Å². The van der Waals surface area contributed by atoms with Crippen LogP contribution in [0.1, 0.15) is 0 Å². The Kier molecular flexibility index (Phi) is 4.76. The van der Waals surface area contributed by atoms with E-state index in [1.165, 1.54) is 6.07 Å². The van der Waals surface area contributed by atoms with Gasteiger partial charge in [0.1, 0.15) is 5.75 Å².